The molecule has 0 aliphatic carbocycles. The van der Waals surface area contributed by atoms with Crippen molar-refractivity contribution >= 4 is 46.2 Å². The number of nitrogens with one attached hydrogen (secondary N) is 2. The Balaban J connectivity index is 2.03. The van der Waals surface area contributed by atoms with E-state index >= 15 is 0 Å². The van der Waals surface area contributed by atoms with E-state index in [1.165, 1.54) is 0 Å². The van der Waals surface area contributed by atoms with Crippen molar-refractivity contribution < 1.29 is 9.53 Å². The lowest BCUT2D eigenvalue weighted by Gasteiger charge is -2.14. The SMILES string of the molecule is C#Cc1cc(OC)c2nc(Nc3cc(CN(C)C)cc(NC=O)c3)ncc2c1Cl. The average Bonchev–Trinajstić information content (AvgIpc) is 2.68. The van der Waals surface area contributed by atoms with Crippen LogP contribution in [0.4, 0.5) is 17.3 Å². The first kappa shape index (κ1) is 20.4. The number of nitrogens with zero attached hydrogens (tertiary/aromatic N) is 3. The number of methoxy groups -OCH3 is 1. The predicted octanol–water partition coefficient (Wildman–Crippen LogP) is 3.65. The minimum absolute atomic E-state index is 0.361. The zero-order valence-corrected chi connectivity index (χ0v) is 17.0. The Morgan fingerprint density at radius 3 is 2.69 bits per heavy atom. The van der Waals surface area contributed by atoms with Crippen LogP contribution in [0.2, 0.25) is 5.02 Å². The number of benzene rings is 2. The molecule has 3 aromatic rings. The van der Waals surface area contributed by atoms with Gasteiger partial charge in [-0.25, -0.2) is 9.97 Å². The maximum absolute atomic E-state index is 10.9. The van der Waals surface area contributed by atoms with Gasteiger partial charge >= 0.3 is 0 Å². The van der Waals surface area contributed by atoms with E-state index in [4.69, 9.17) is 22.8 Å². The number of carbonyl (C=O) groups excluding carboxylic acids is 1. The average molecular weight is 410 g/mol. The molecule has 0 spiro atoms. The molecule has 29 heavy (non-hydrogen) atoms. The van der Waals surface area contributed by atoms with E-state index in [0.29, 0.717) is 51.8 Å². The normalized spacial score (nSPS) is 10.6. The van der Waals surface area contributed by atoms with Crippen molar-refractivity contribution in [3.05, 3.63) is 46.6 Å². The molecule has 3 rings (SSSR count). The third kappa shape index (κ3) is 4.57. The standard InChI is InChI=1S/C21H20ClN5O2/c1-5-14-8-18(29-4)20-17(19(14)22)10-23-21(26-20)25-16-7-13(11-27(2)3)6-15(9-16)24-12-28/h1,6-10,12H,11H2,2-4H3,(H,24,28)(H,23,25,26). The van der Waals surface area contributed by atoms with E-state index in [0.717, 1.165) is 11.3 Å². The highest BCUT2D eigenvalue weighted by Crippen LogP contribution is 2.34. The van der Waals surface area contributed by atoms with Crippen LogP contribution in [0.25, 0.3) is 10.9 Å². The molecule has 1 amide bonds. The quantitative estimate of drug-likeness (QED) is 0.458. The van der Waals surface area contributed by atoms with Gasteiger partial charge in [-0.05, 0) is 43.9 Å². The van der Waals surface area contributed by atoms with Crippen molar-refractivity contribution in [1.82, 2.24) is 14.9 Å². The predicted molar refractivity (Wildman–Crippen MR) is 116 cm³/mol. The molecule has 0 unspecified atom stereocenters. The first-order chi connectivity index (χ1) is 13.9. The Labute approximate surface area is 174 Å². The highest BCUT2D eigenvalue weighted by molar-refractivity contribution is 6.36. The van der Waals surface area contributed by atoms with Gasteiger partial charge in [-0.1, -0.05) is 17.5 Å². The largest absolute Gasteiger partial charge is 0.494 e. The smallest absolute Gasteiger partial charge is 0.227 e. The highest BCUT2D eigenvalue weighted by atomic mass is 35.5. The molecule has 1 aromatic heterocycles. The molecule has 0 aliphatic heterocycles. The Hall–Kier alpha value is -3.34. The van der Waals surface area contributed by atoms with Crippen molar-refractivity contribution in [2.75, 3.05) is 31.8 Å². The summed E-state index contributed by atoms with van der Waals surface area (Å²) in [5.41, 5.74) is 3.48. The summed E-state index contributed by atoms with van der Waals surface area (Å²) >= 11 is 6.36. The lowest BCUT2D eigenvalue weighted by molar-refractivity contribution is -0.105. The van der Waals surface area contributed by atoms with Crippen LogP contribution in [0, 0.1) is 12.3 Å². The summed E-state index contributed by atoms with van der Waals surface area (Å²) in [7, 11) is 5.49. The fourth-order valence-electron chi connectivity index (χ4n) is 2.96. The van der Waals surface area contributed by atoms with Gasteiger partial charge in [0.15, 0.2) is 0 Å². The summed E-state index contributed by atoms with van der Waals surface area (Å²) in [6, 6.07) is 7.35. The minimum atomic E-state index is 0.361. The number of ether oxygens (including phenoxy) is 1. The molecule has 0 fully saturated rings. The molecule has 0 radical (unpaired) electrons. The number of amides is 1. The van der Waals surface area contributed by atoms with Gasteiger partial charge in [0.25, 0.3) is 0 Å². The second-order valence-corrected chi connectivity index (χ2v) is 6.96. The molecular weight excluding hydrogens is 390 g/mol. The van der Waals surface area contributed by atoms with Gasteiger partial charge in [0.05, 0.1) is 12.1 Å². The summed E-state index contributed by atoms with van der Waals surface area (Å²) in [6.07, 6.45) is 7.75. The number of aromatic nitrogens is 2. The molecule has 0 aliphatic rings. The van der Waals surface area contributed by atoms with Crippen LogP contribution in [0.5, 0.6) is 5.75 Å². The number of fused-ring (bicyclic) bond motifs is 1. The van der Waals surface area contributed by atoms with E-state index in [2.05, 4.69) is 26.5 Å². The molecule has 0 bridgehead atoms. The number of hydrogen-bond donors (Lipinski definition) is 2. The van der Waals surface area contributed by atoms with Crippen molar-refractivity contribution in [2.45, 2.75) is 6.54 Å². The Morgan fingerprint density at radius 1 is 1.28 bits per heavy atom. The summed E-state index contributed by atoms with van der Waals surface area (Å²) in [5.74, 6) is 3.40. The molecule has 2 aromatic carbocycles. The monoisotopic (exact) mass is 409 g/mol. The first-order valence-corrected chi connectivity index (χ1v) is 9.08. The van der Waals surface area contributed by atoms with Gasteiger partial charge in [-0.15, -0.1) is 6.42 Å². The van der Waals surface area contributed by atoms with Gasteiger partial charge in [0, 0.05) is 35.1 Å². The van der Waals surface area contributed by atoms with E-state index in [1.807, 2.05) is 31.1 Å². The molecule has 0 saturated carbocycles. The van der Waals surface area contributed by atoms with Crippen molar-refractivity contribution in [1.29, 1.82) is 0 Å². The topological polar surface area (TPSA) is 79.4 Å². The number of carbonyl (C=O) groups is 1. The second kappa shape index (κ2) is 8.78. The Bertz CT molecular complexity index is 1110. The fourth-order valence-corrected chi connectivity index (χ4v) is 3.21. The fraction of sp³-hybridized carbons (Fsp3) is 0.190. The zero-order valence-electron chi connectivity index (χ0n) is 16.3. The van der Waals surface area contributed by atoms with Crippen LogP contribution in [0.15, 0.2) is 30.5 Å². The van der Waals surface area contributed by atoms with Crippen molar-refractivity contribution in [3.8, 4) is 18.1 Å². The number of halogens is 1. The van der Waals surface area contributed by atoms with Gasteiger partial charge in [-0.2, -0.15) is 0 Å². The zero-order chi connectivity index (χ0) is 21.0. The van der Waals surface area contributed by atoms with E-state index < -0.39 is 0 Å². The highest BCUT2D eigenvalue weighted by Gasteiger charge is 2.13. The molecule has 2 N–H and O–H groups in total. The molecular formula is C21H20ClN5O2. The number of terminal acetylenes is 1. The van der Waals surface area contributed by atoms with Crippen LogP contribution >= 0.6 is 11.6 Å². The van der Waals surface area contributed by atoms with Crippen LogP contribution < -0.4 is 15.4 Å². The van der Waals surface area contributed by atoms with Crippen LogP contribution in [0.3, 0.4) is 0 Å². The lowest BCUT2D eigenvalue weighted by Crippen LogP contribution is -2.11. The molecule has 0 atom stereocenters. The van der Waals surface area contributed by atoms with E-state index in [-0.39, 0.29) is 0 Å². The van der Waals surface area contributed by atoms with Crippen molar-refractivity contribution in [3.63, 3.8) is 0 Å². The second-order valence-electron chi connectivity index (χ2n) is 6.58. The molecule has 8 heteroatoms. The minimum Gasteiger partial charge on any atom is -0.494 e. The Morgan fingerprint density at radius 2 is 2.03 bits per heavy atom. The maximum Gasteiger partial charge on any atom is 0.227 e. The Kier molecular flexibility index (Phi) is 6.17. The number of anilines is 3. The third-order valence-corrected chi connectivity index (χ3v) is 4.53. The molecule has 0 saturated heterocycles. The summed E-state index contributed by atoms with van der Waals surface area (Å²) in [5, 5.41) is 6.86. The number of rotatable bonds is 7. The lowest BCUT2D eigenvalue weighted by atomic mass is 10.1. The van der Waals surface area contributed by atoms with Crippen LogP contribution in [-0.2, 0) is 11.3 Å². The van der Waals surface area contributed by atoms with Gasteiger partial charge in [-0.3, -0.25) is 4.79 Å². The maximum atomic E-state index is 10.9. The van der Waals surface area contributed by atoms with Crippen molar-refractivity contribution in [2.24, 2.45) is 0 Å². The summed E-state index contributed by atoms with van der Waals surface area (Å²) < 4.78 is 5.42. The van der Waals surface area contributed by atoms with Crippen LogP contribution in [-0.4, -0.2) is 42.5 Å². The molecule has 148 valence electrons. The third-order valence-electron chi connectivity index (χ3n) is 4.12. The first-order valence-electron chi connectivity index (χ1n) is 8.71. The van der Waals surface area contributed by atoms with E-state index in [1.54, 1.807) is 25.4 Å². The van der Waals surface area contributed by atoms with Gasteiger partial charge in [0.2, 0.25) is 12.4 Å². The van der Waals surface area contributed by atoms with E-state index in [9.17, 15) is 4.79 Å². The van der Waals surface area contributed by atoms with Gasteiger partial charge in [0.1, 0.15) is 11.3 Å². The van der Waals surface area contributed by atoms with Gasteiger partial charge < -0.3 is 20.3 Å². The van der Waals surface area contributed by atoms with Crippen LogP contribution in [0.1, 0.15) is 11.1 Å². The summed E-state index contributed by atoms with van der Waals surface area (Å²) in [6.45, 7) is 0.708. The number of hydrogen-bond acceptors (Lipinski definition) is 6. The summed E-state index contributed by atoms with van der Waals surface area (Å²) in [4.78, 5) is 21.8. The molecule has 7 nitrogen and oxygen atoms in total. The molecule has 1 heterocycles.